The van der Waals surface area contributed by atoms with Gasteiger partial charge in [0.15, 0.2) is 17.2 Å². The van der Waals surface area contributed by atoms with Crippen molar-refractivity contribution in [1.29, 1.82) is 0 Å². The molecule has 5 nitrogen and oxygen atoms in total. The maximum Gasteiger partial charge on any atom is 0.338 e. The summed E-state index contributed by atoms with van der Waals surface area (Å²) in [5, 5.41) is 28.1. The SMILES string of the molecule is O=C(OCCCBr)c1cc(O)c(O)c(O)c1. The Balaban J connectivity index is 2.76. The average Bonchev–Trinajstić information content (AvgIpc) is 2.25. The summed E-state index contributed by atoms with van der Waals surface area (Å²) in [4.78, 5) is 11.4. The lowest BCUT2D eigenvalue weighted by Gasteiger charge is -2.06. The molecule has 88 valence electrons. The number of halogens is 1. The number of carbonyl (C=O) groups excluding carboxylic acids is 1. The molecule has 6 heteroatoms. The second-order valence-electron chi connectivity index (χ2n) is 3.04. The van der Waals surface area contributed by atoms with Gasteiger partial charge in [0.2, 0.25) is 0 Å². The quantitative estimate of drug-likeness (QED) is 0.340. The van der Waals surface area contributed by atoms with Crippen molar-refractivity contribution in [3.8, 4) is 17.2 Å². The van der Waals surface area contributed by atoms with Crippen LogP contribution in [-0.4, -0.2) is 33.2 Å². The first-order chi connectivity index (χ1) is 7.56. The summed E-state index contributed by atoms with van der Waals surface area (Å²) in [5.74, 6) is -2.44. The first-order valence-corrected chi connectivity index (χ1v) is 5.66. The third kappa shape index (κ3) is 3.03. The number of esters is 1. The Bertz CT molecular complexity index is 368. The van der Waals surface area contributed by atoms with Gasteiger partial charge in [-0.2, -0.15) is 0 Å². The van der Waals surface area contributed by atoms with Crippen LogP contribution in [0.3, 0.4) is 0 Å². The normalized spacial score (nSPS) is 10.1. The zero-order valence-electron chi connectivity index (χ0n) is 8.31. The van der Waals surface area contributed by atoms with E-state index in [0.29, 0.717) is 11.8 Å². The van der Waals surface area contributed by atoms with Gasteiger partial charge in [-0.05, 0) is 18.6 Å². The van der Waals surface area contributed by atoms with Crippen LogP contribution in [0.25, 0.3) is 0 Å². The third-order valence-corrected chi connectivity index (χ3v) is 2.38. The van der Waals surface area contributed by atoms with Crippen molar-refractivity contribution in [2.75, 3.05) is 11.9 Å². The Hall–Kier alpha value is -1.43. The van der Waals surface area contributed by atoms with Crippen LogP contribution in [0.5, 0.6) is 17.2 Å². The van der Waals surface area contributed by atoms with Gasteiger partial charge in [-0.1, -0.05) is 15.9 Å². The maximum absolute atomic E-state index is 11.4. The van der Waals surface area contributed by atoms with Gasteiger partial charge in [-0.3, -0.25) is 0 Å². The van der Waals surface area contributed by atoms with Crippen molar-refractivity contribution in [1.82, 2.24) is 0 Å². The number of rotatable bonds is 4. The van der Waals surface area contributed by atoms with Crippen molar-refractivity contribution in [2.45, 2.75) is 6.42 Å². The van der Waals surface area contributed by atoms with Gasteiger partial charge in [-0.25, -0.2) is 4.79 Å². The highest BCUT2D eigenvalue weighted by Crippen LogP contribution is 2.35. The van der Waals surface area contributed by atoms with E-state index in [2.05, 4.69) is 15.9 Å². The molecule has 0 aliphatic heterocycles. The van der Waals surface area contributed by atoms with E-state index in [9.17, 15) is 15.0 Å². The first kappa shape index (κ1) is 12.6. The van der Waals surface area contributed by atoms with Crippen molar-refractivity contribution in [3.63, 3.8) is 0 Å². The molecule has 0 spiro atoms. The van der Waals surface area contributed by atoms with E-state index in [1.807, 2.05) is 0 Å². The summed E-state index contributed by atoms with van der Waals surface area (Å²) >= 11 is 3.18. The van der Waals surface area contributed by atoms with Crippen LogP contribution >= 0.6 is 15.9 Å². The molecule has 0 unspecified atom stereocenters. The van der Waals surface area contributed by atoms with Crippen molar-refractivity contribution in [2.24, 2.45) is 0 Å². The summed E-state index contributed by atoms with van der Waals surface area (Å²) < 4.78 is 4.85. The highest BCUT2D eigenvalue weighted by atomic mass is 79.9. The number of hydrogen-bond acceptors (Lipinski definition) is 5. The second-order valence-corrected chi connectivity index (χ2v) is 3.83. The number of benzene rings is 1. The molecule has 0 heterocycles. The fourth-order valence-corrected chi connectivity index (χ4v) is 1.25. The number of aromatic hydroxyl groups is 3. The van der Waals surface area contributed by atoms with E-state index in [0.717, 1.165) is 12.1 Å². The lowest BCUT2D eigenvalue weighted by atomic mass is 10.2. The van der Waals surface area contributed by atoms with E-state index in [1.165, 1.54) is 0 Å². The molecule has 0 saturated heterocycles. The predicted octanol–water partition coefficient (Wildman–Crippen LogP) is 1.75. The van der Waals surface area contributed by atoms with E-state index in [-0.39, 0.29) is 12.2 Å². The van der Waals surface area contributed by atoms with E-state index < -0.39 is 23.2 Å². The highest BCUT2D eigenvalue weighted by Gasteiger charge is 2.14. The van der Waals surface area contributed by atoms with Crippen molar-refractivity contribution in [3.05, 3.63) is 17.7 Å². The Labute approximate surface area is 100 Å². The molecule has 16 heavy (non-hydrogen) atoms. The van der Waals surface area contributed by atoms with Crippen LogP contribution in [0.15, 0.2) is 12.1 Å². The summed E-state index contributed by atoms with van der Waals surface area (Å²) in [6, 6.07) is 2.07. The molecule has 1 aromatic rings. The average molecular weight is 291 g/mol. The number of hydrogen-bond donors (Lipinski definition) is 3. The molecule has 0 saturated carbocycles. The molecule has 0 radical (unpaired) electrons. The summed E-state index contributed by atoms with van der Waals surface area (Å²) in [6.45, 7) is 0.243. The first-order valence-electron chi connectivity index (χ1n) is 4.54. The minimum atomic E-state index is -0.661. The molecular weight excluding hydrogens is 280 g/mol. The van der Waals surface area contributed by atoms with E-state index in [4.69, 9.17) is 9.84 Å². The molecule has 0 aliphatic carbocycles. The second kappa shape index (κ2) is 5.60. The summed E-state index contributed by atoms with van der Waals surface area (Å²) in [5.41, 5.74) is -0.0117. The number of phenolic OH excluding ortho intramolecular Hbond substituents is 3. The molecule has 0 amide bonds. The molecule has 0 aliphatic rings. The lowest BCUT2D eigenvalue weighted by Crippen LogP contribution is -2.06. The minimum absolute atomic E-state index is 0.0117. The van der Waals surface area contributed by atoms with Crippen molar-refractivity contribution < 1.29 is 24.9 Å². The van der Waals surface area contributed by atoms with Crippen LogP contribution in [-0.2, 0) is 4.74 Å². The van der Waals surface area contributed by atoms with Gasteiger partial charge in [0.1, 0.15) is 0 Å². The zero-order chi connectivity index (χ0) is 12.1. The van der Waals surface area contributed by atoms with Crippen LogP contribution < -0.4 is 0 Å². The summed E-state index contributed by atoms with van der Waals surface area (Å²) in [7, 11) is 0. The van der Waals surface area contributed by atoms with Gasteiger partial charge in [0.05, 0.1) is 12.2 Å². The molecular formula is C10H11BrO5. The predicted molar refractivity (Wildman–Crippen MR) is 60.1 cm³/mol. The van der Waals surface area contributed by atoms with Gasteiger partial charge in [0, 0.05) is 5.33 Å². The fraction of sp³-hybridized carbons (Fsp3) is 0.300. The number of alkyl halides is 1. The van der Waals surface area contributed by atoms with E-state index in [1.54, 1.807) is 0 Å². The monoisotopic (exact) mass is 290 g/mol. The minimum Gasteiger partial charge on any atom is -0.504 e. The molecule has 0 aromatic heterocycles. The Morgan fingerprint density at radius 2 is 1.81 bits per heavy atom. The topological polar surface area (TPSA) is 87.0 Å². The van der Waals surface area contributed by atoms with E-state index >= 15 is 0 Å². The van der Waals surface area contributed by atoms with Crippen molar-refractivity contribution >= 4 is 21.9 Å². The van der Waals surface area contributed by atoms with Crippen LogP contribution in [0.4, 0.5) is 0 Å². The fourth-order valence-electron chi connectivity index (χ4n) is 1.02. The Morgan fingerprint density at radius 1 is 1.25 bits per heavy atom. The molecule has 3 N–H and O–H groups in total. The van der Waals surface area contributed by atoms with Gasteiger partial charge < -0.3 is 20.1 Å². The zero-order valence-corrected chi connectivity index (χ0v) is 9.90. The highest BCUT2D eigenvalue weighted by molar-refractivity contribution is 9.09. The smallest absolute Gasteiger partial charge is 0.338 e. The lowest BCUT2D eigenvalue weighted by molar-refractivity contribution is 0.0505. The van der Waals surface area contributed by atoms with Gasteiger partial charge in [0.25, 0.3) is 0 Å². The Morgan fingerprint density at radius 3 is 2.31 bits per heavy atom. The molecule has 0 atom stereocenters. The number of ether oxygens (including phenoxy) is 1. The van der Waals surface area contributed by atoms with Crippen LogP contribution in [0.2, 0.25) is 0 Å². The summed E-state index contributed by atoms with van der Waals surface area (Å²) in [6.07, 6.45) is 0.668. The van der Waals surface area contributed by atoms with Crippen LogP contribution in [0, 0.1) is 0 Å². The van der Waals surface area contributed by atoms with Crippen LogP contribution in [0.1, 0.15) is 16.8 Å². The molecule has 1 aromatic carbocycles. The van der Waals surface area contributed by atoms with Gasteiger partial charge >= 0.3 is 5.97 Å². The molecule has 1 rings (SSSR count). The number of phenols is 3. The Kier molecular flexibility index (Phi) is 4.42. The van der Waals surface area contributed by atoms with Gasteiger partial charge in [-0.15, -0.1) is 0 Å². The third-order valence-electron chi connectivity index (χ3n) is 1.82. The maximum atomic E-state index is 11.4. The molecule has 0 fully saturated rings. The standard InChI is InChI=1S/C10H11BrO5/c11-2-1-3-16-10(15)6-4-7(12)9(14)8(13)5-6/h4-5,12-14H,1-3H2. The molecule has 0 bridgehead atoms. The number of carbonyl (C=O) groups is 1. The largest absolute Gasteiger partial charge is 0.504 e.